The van der Waals surface area contributed by atoms with Gasteiger partial charge in [-0.1, -0.05) is 0 Å². The van der Waals surface area contributed by atoms with E-state index in [1.807, 2.05) is 26.8 Å². The highest BCUT2D eigenvalue weighted by molar-refractivity contribution is 5.50. The number of hydrogen-bond donors (Lipinski definition) is 2. The molecular formula is C13H21NO2. The second-order valence-corrected chi connectivity index (χ2v) is 4.50. The monoisotopic (exact) mass is 223 g/mol. The van der Waals surface area contributed by atoms with E-state index < -0.39 is 5.60 Å². The molecule has 1 atom stereocenters. The Morgan fingerprint density at radius 1 is 1.31 bits per heavy atom. The minimum atomic E-state index is -0.980. The molecule has 0 saturated heterocycles. The summed E-state index contributed by atoms with van der Waals surface area (Å²) in [5, 5.41) is 10.2. The Morgan fingerprint density at radius 2 is 1.88 bits per heavy atom. The van der Waals surface area contributed by atoms with E-state index in [-0.39, 0.29) is 6.54 Å². The summed E-state index contributed by atoms with van der Waals surface area (Å²) in [6.07, 6.45) is 0. The van der Waals surface area contributed by atoms with E-state index in [1.165, 1.54) is 0 Å². The molecule has 0 radical (unpaired) electrons. The zero-order valence-electron chi connectivity index (χ0n) is 10.7. The van der Waals surface area contributed by atoms with Crippen LogP contribution in [0.4, 0.5) is 0 Å². The lowest BCUT2D eigenvalue weighted by Gasteiger charge is -2.26. The first-order chi connectivity index (χ1) is 7.35. The largest absolute Gasteiger partial charge is 0.496 e. The van der Waals surface area contributed by atoms with Gasteiger partial charge < -0.3 is 15.6 Å². The topological polar surface area (TPSA) is 55.5 Å². The summed E-state index contributed by atoms with van der Waals surface area (Å²) in [5.74, 6) is 0.883. The summed E-state index contributed by atoms with van der Waals surface area (Å²) in [5.41, 5.74) is 8.62. The average molecular weight is 223 g/mol. The van der Waals surface area contributed by atoms with E-state index in [0.717, 1.165) is 28.0 Å². The summed E-state index contributed by atoms with van der Waals surface area (Å²) >= 11 is 0. The summed E-state index contributed by atoms with van der Waals surface area (Å²) in [6, 6.07) is 1.95. The van der Waals surface area contributed by atoms with Crippen LogP contribution in [0.3, 0.4) is 0 Å². The van der Waals surface area contributed by atoms with Crippen molar-refractivity contribution in [3.8, 4) is 5.75 Å². The second-order valence-electron chi connectivity index (χ2n) is 4.50. The predicted octanol–water partition coefficient (Wildman–Crippen LogP) is 1.79. The molecule has 3 heteroatoms. The third kappa shape index (κ3) is 2.06. The van der Waals surface area contributed by atoms with Crippen molar-refractivity contribution in [3.63, 3.8) is 0 Å². The van der Waals surface area contributed by atoms with Crippen LogP contribution in [-0.2, 0) is 5.60 Å². The summed E-state index contributed by atoms with van der Waals surface area (Å²) in [6.45, 7) is 7.90. The molecule has 0 bridgehead atoms. The van der Waals surface area contributed by atoms with Crippen molar-refractivity contribution in [1.82, 2.24) is 0 Å². The minimum absolute atomic E-state index is 0.207. The van der Waals surface area contributed by atoms with Crippen molar-refractivity contribution in [3.05, 3.63) is 28.3 Å². The molecule has 1 rings (SSSR count). The van der Waals surface area contributed by atoms with Crippen LogP contribution in [0.2, 0.25) is 0 Å². The minimum Gasteiger partial charge on any atom is -0.496 e. The molecule has 1 aromatic rings. The van der Waals surface area contributed by atoms with Gasteiger partial charge in [0.1, 0.15) is 5.75 Å². The van der Waals surface area contributed by atoms with Crippen molar-refractivity contribution >= 4 is 0 Å². The van der Waals surface area contributed by atoms with E-state index in [4.69, 9.17) is 10.5 Å². The molecular weight excluding hydrogens is 202 g/mol. The molecule has 1 aromatic carbocycles. The summed E-state index contributed by atoms with van der Waals surface area (Å²) in [4.78, 5) is 0. The van der Waals surface area contributed by atoms with E-state index in [2.05, 4.69) is 0 Å². The Labute approximate surface area is 97.2 Å². The van der Waals surface area contributed by atoms with Crippen LogP contribution < -0.4 is 10.5 Å². The standard InChI is InChI=1S/C13H21NO2/c1-8-6-11(13(4,15)7-14)9(2)10(3)12(8)16-5/h6,15H,7,14H2,1-5H3. The number of benzene rings is 1. The van der Waals surface area contributed by atoms with Crippen molar-refractivity contribution in [1.29, 1.82) is 0 Å². The first kappa shape index (κ1) is 13.0. The number of methoxy groups -OCH3 is 1. The third-order valence-electron chi connectivity index (χ3n) is 3.21. The van der Waals surface area contributed by atoms with Gasteiger partial charge in [0, 0.05) is 6.54 Å². The SMILES string of the molecule is COc1c(C)cc(C(C)(O)CN)c(C)c1C. The normalized spacial score (nSPS) is 14.7. The third-order valence-corrected chi connectivity index (χ3v) is 3.21. The van der Waals surface area contributed by atoms with Gasteiger partial charge in [0.25, 0.3) is 0 Å². The number of aliphatic hydroxyl groups is 1. The number of nitrogens with two attached hydrogens (primary N) is 1. The van der Waals surface area contributed by atoms with Gasteiger partial charge in [-0.25, -0.2) is 0 Å². The maximum atomic E-state index is 10.2. The van der Waals surface area contributed by atoms with Crippen LogP contribution >= 0.6 is 0 Å². The molecule has 90 valence electrons. The average Bonchev–Trinajstić information content (AvgIpc) is 2.24. The molecule has 0 heterocycles. The van der Waals surface area contributed by atoms with Gasteiger partial charge in [0.15, 0.2) is 0 Å². The Kier molecular flexibility index (Phi) is 3.61. The fourth-order valence-corrected chi connectivity index (χ4v) is 2.04. The number of ether oxygens (including phenoxy) is 1. The molecule has 0 aliphatic rings. The molecule has 0 aromatic heterocycles. The first-order valence-electron chi connectivity index (χ1n) is 5.43. The van der Waals surface area contributed by atoms with Crippen molar-refractivity contribution in [2.45, 2.75) is 33.3 Å². The maximum absolute atomic E-state index is 10.2. The smallest absolute Gasteiger partial charge is 0.124 e. The van der Waals surface area contributed by atoms with E-state index in [0.29, 0.717) is 0 Å². The maximum Gasteiger partial charge on any atom is 0.124 e. The molecule has 1 unspecified atom stereocenters. The lowest BCUT2D eigenvalue weighted by molar-refractivity contribution is 0.0660. The zero-order chi connectivity index (χ0) is 12.5. The van der Waals surface area contributed by atoms with Gasteiger partial charge in [-0.05, 0) is 56.0 Å². The van der Waals surface area contributed by atoms with E-state index in [1.54, 1.807) is 14.0 Å². The Morgan fingerprint density at radius 3 is 2.31 bits per heavy atom. The molecule has 3 N–H and O–H groups in total. The molecule has 0 spiro atoms. The van der Waals surface area contributed by atoms with E-state index >= 15 is 0 Å². The van der Waals surface area contributed by atoms with Crippen LogP contribution in [0, 0.1) is 20.8 Å². The summed E-state index contributed by atoms with van der Waals surface area (Å²) < 4.78 is 5.35. The molecule has 3 nitrogen and oxygen atoms in total. The van der Waals surface area contributed by atoms with Gasteiger partial charge in [0.05, 0.1) is 12.7 Å². The Hall–Kier alpha value is -1.06. The molecule has 0 aliphatic carbocycles. The van der Waals surface area contributed by atoms with Gasteiger partial charge in [0.2, 0.25) is 0 Å². The van der Waals surface area contributed by atoms with Crippen molar-refractivity contribution in [2.75, 3.05) is 13.7 Å². The van der Waals surface area contributed by atoms with Crippen LogP contribution in [-0.4, -0.2) is 18.8 Å². The summed E-state index contributed by atoms with van der Waals surface area (Å²) in [7, 11) is 1.66. The van der Waals surface area contributed by atoms with Gasteiger partial charge in [-0.15, -0.1) is 0 Å². The fraction of sp³-hybridized carbons (Fsp3) is 0.538. The number of rotatable bonds is 3. The van der Waals surface area contributed by atoms with Gasteiger partial charge >= 0.3 is 0 Å². The lowest BCUT2D eigenvalue weighted by Crippen LogP contribution is -2.32. The van der Waals surface area contributed by atoms with Gasteiger partial charge in [-0.2, -0.15) is 0 Å². The van der Waals surface area contributed by atoms with Crippen LogP contribution in [0.1, 0.15) is 29.2 Å². The molecule has 0 amide bonds. The first-order valence-corrected chi connectivity index (χ1v) is 5.43. The highest BCUT2D eigenvalue weighted by atomic mass is 16.5. The fourth-order valence-electron chi connectivity index (χ4n) is 2.04. The highest BCUT2D eigenvalue weighted by Gasteiger charge is 2.25. The Balaban J connectivity index is 3.45. The number of aryl methyl sites for hydroxylation is 1. The Bertz CT molecular complexity index is 397. The molecule has 0 saturated carbocycles. The predicted molar refractivity (Wildman–Crippen MR) is 65.8 cm³/mol. The van der Waals surface area contributed by atoms with Gasteiger partial charge in [-0.3, -0.25) is 0 Å². The van der Waals surface area contributed by atoms with Crippen LogP contribution in [0.15, 0.2) is 6.07 Å². The lowest BCUT2D eigenvalue weighted by atomic mass is 9.87. The van der Waals surface area contributed by atoms with Crippen molar-refractivity contribution in [2.24, 2.45) is 5.73 Å². The molecule has 0 aliphatic heterocycles. The van der Waals surface area contributed by atoms with Crippen molar-refractivity contribution < 1.29 is 9.84 Å². The van der Waals surface area contributed by atoms with Crippen LogP contribution in [0.25, 0.3) is 0 Å². The highest BCUT2D eigenvalue weighted by Crippen LogP contribution is 2.33. The van der Waals surface area contributed by atoms with Crippen LogP contribution in [0.5, 0.6) is 5.75 Å². The molecule has 16 heavy (non-hydrogen) atoms. The second kappa shape index (κ2) is 4.44. The molecule has 0 fully saturated rings. The quantitative estimate of drug-likeness (QED) is 0.821. The zero-order valence-corrected chi connectivity index (χ0v) is 10.7. The number of hydrogen-bond acceptors (Lipinski definition) is 3. The van der Waals surface area contributed by atoms with E-state index in [9.17, 15) is 5.11 Å².